The second-order valence-corrected chi connectivity index (χ2v) is 20.6. The number of rotatable bonds is 8. The quantitative estimate of drug-likeness (QED) is 0.382. The smallest absolute Gasteiger partial charge is 1.00 e. The SMILES string of the molecule is COC1=[C]([Zr+2][C]2=C(OC)C(O[Si](C)(C)C)=CC2)CC=C1O[Si](C)(C)C.[Cl-].[Cl-]. The molecule has 2 aliphatic rings. The summed E-state index contributed by atoms with van der Waals surface area (Å²) in [5.41, 5.74) is 0. The first kappa shape index (κ1) is 27.1. The molecule has 0 amide bonds. The Morgan fingerprint density at radius 3 is 1.30 bits per heavy atom. The van der Waals surface area contributed by atoms with Gasteiger partial charge in [-0.05, 0) is 0 Å². The van der Waals surface area contributed by atoms with Crippen molar-refractivity contribution in [3.63, 3.8) is 0 Å². The van der Waals surface area contributed by atoms with Crippen molar-refractivity contribution < 1.29 is 66.4 Å². The van der Waals surface area contributed by atoms with Crippen molar-refractivity contribution >= 4 is 16.6 Å². The zero-order chi connectivity index (χ0) is 18.8. The molecule has 9 heteroatoms. The molecule has 0 bridgehead atoms. The van der Waals surface area contributed by atoms with E-state index in [1.165, 1.54) is 6.56 Å². The van der Waals surface area contributed by atoms with Gasteiger partial charge in [0.1, 0.15) is 0 Å². The van der Waals surface area contributed by atoms with Crippen LogP contribution in [0, 0.1) is 0 Å². The van der Waals surface area contributed by atoms with E-state index in [4.69, 9.17) is 18.3 Å². The Labute approximate surface area is 190 Å². The molecule has 0 aromatic heterocycles. The summed E-state index contributed by atoms with van der Waals surface area (Å²) in [5, 5.41) is 0. The third-order valence-corrected chi connectivity index (χ3v) is 8.79. The van der Waals surface area contributed by atoms with E-state index >= 15 is 0 Å². The van der Waals surface area contributed by atoms with Crippen LogP contribution < -0.4 is 24.8 Å². The predicted molar refractivity (Wildman–Crippen MR) is 102 cm³/mol. The third kappa shape index (κ3) is 7.77. The number of methoxy groups -OCH3 is 2. The first-order valence-corrected chi connectivity index (χ1v) is 17.9. The molecular weight excluding hydrogens is 498 g/mol. The van der Waals surface area contributed by atoms with Crippen LogP contribution in [0.4, 0.5) is 0 Å². The average Bonchev–Trinajstić information content (AvgIpc) is 3.00. The van der Waals surface area contributed by atoms with Crippen LogP contribution in [0.2, 0.25) is 39.3 Å². The molecule has 0 aromatic rings. The van der Waals surface area contributed by atoms with Gasteiger partial charge in [0.15, 0.2) is 0 Å². The Morgan fingerprint density at radius 1 is 0.704 bits per heavy atom. The Hall–Kier alpha value is 0.0569. The van der Waals surface area contributed by atoms with Crippen LogP contribution in [0.25, 0.3) is 0 Å². The average molecular weight is 529 g/mol. The Kier molecular flexibility index (Phi) is 10.7. The van der Waals surface area contributed by atoms with E-state index in [9.17, 15) is 0 Å². The molecule has 0 aliphatic heterocycles. The molecule has 152 valence electrons. The molecule has 0 radical (unpaired) electrons. The maximum atomic E-state index is 6.20. The Balaban J connectivity index is 0.00000338. The van der Waals surface area contributed by atoms with Gasteiger partial charge in [-0.2, -0.15) is 0 Å². The molecule has 0 saturated carbocycles. The largest absolute Gasteiger partial charge is 1.00 e. The summed E-state index contributed by atoms with van der Waals surface area (Å²) in [6, 6.07) is 0. The van der Waals surface area contributed by atoms with Crippen molar-refractivity contribution in [2.75, 3.05) is 14.2 Å². The summed E-state index contributed by atoms with van der Waals surface area (Å²) < 4.78 is 26.7. The summed E-state index contributed by atoms with van der Waals surface area (Å²) >= 11 is -0.977. The van der Waals surface area contributed by atoms with E-state index in [-0.39, 0.29) is 24.8 Å². The number of hydrogen-bond acceptors (Lipinski definition) is 4. The van der Waals surface area contributed by atoms with Crippen LogP contribution in [0.5, 0.6) is 0 Å². The van der Waals surface area contributed by atoms with Gasteiger partial charge in [0.05, 0.1) is 0 Å². The minimum atomic E-state index is -1.64. The van der Waals surface area contributed by atoms with Gasteiger partial charge in [-0.25, -0.2) is 0 Å². The van der Waals surface area contributed by atoms with Crippen LogP contribution in [0.15, 0.2) is 41.8 Å². The zero-order valence-corrected chi connectivity index (χ0v) is 23.4. The standard InChI is InChI=1S/2C9H15O2Si.2ClH.Zr/c2*1-10-8-6-5-7-9(8)11-12(2,3)4;;;/h2*7H,5H2,1-4H3;2*1H;/q;;;;+2/p-2. The van der Waals surface area contributed by atoms with E-state index in [1.54, 1.807) is 14.2 Å². The molecule has 0 aromatic carbocycles. The molecule has 0 saturated heterocycles. The third-order valence-electron chi connectivity index (χ3n) is 3.52. The van der Waals surface area contributed by atoms with Crippen molar-refractivity contribution in [1.82, 2.24) is 0 Å². The van der Waals surface area contributed by atoms with Gasteiger partial charge in [0, 0.05) is 0 Å². The van der Waals surface area contributed by atoms with Gasteiger partial charge in [-0.15, -0.1) is 0 Å². The van der Waals surface area contributed by atoms with Crippen LogP contribution in [-0.2, 0) is 41.6 Å². The normalized spacial score (nSPS) is 16.7. The first-order valence-electron chi connectivity index (χ1n) is 8.64. The van der Waals surface area contributed by atoms with Crippen molar-refractivity contribution in [1.29, 1.82) is 0 Å². The maximum Gasteiger partial charge on any atom is -1.00 e. The zero-order valence-electron chi connectivity index (χ0n) is 17.5. The fraction of sp³-hybridized carbons (Fsp3) is 0.556. The summed E-state index contributed by atoms with van der Waals surface area (Å²) in [6.07, 6.45) is 6.25. The monoisotopic (exact) mass is 526 g/mol. The number of allylic oxidation sites excluding steroid dienone is 4. The molecule has 0 unspecified atom stereocenters. The number of hydrogen-bond donors (Lipinski definition) is 0. The minimum absolute atomic E-state index is 0. The first-order chi connectivity index (χ1) is 11.5. The molecule has 0 spiro atoms. The summed E-state index contributed by atoms with van der Waals surface area (Å²) in [7, 11) is 0.223. The van der Waals surface area contributed by atoms with E-state index in [1.807, 2.05) is 0 Å². The summed E-state index contributed by atoms with van der Waals surface area (Å²) in [6.45, 7) is 13.2. The maximum absolute atomic E-state index is 6.20. The second kappa shape index (κ2) is 10.7. The topological polar surface area (TPSA) is 36.9 Å². The van der Waals surface area contributed by atoms with Crippen molar-refractivity contribution in [3.8, 4) is 0 Å². The molecule has 0 atom stereocenters. The van der Waals surface area contributed by atoms with Crippen molar-refractivity contribution in [2.24, 2.45) is 0 Å². The van der Waals surface area contributed by atoms with E-state index in [0.29, 0.717) is 0 Å². The molecule has 0 heterocycles. The summed E-state index contributed by atoms with van der Waals surface area (Å²) in [5.74, 6) is 3.83. The van der Waals surface area contributed by atoms with Crippen LogP contribution in [-0.4, -0.2) is 30.9 Å². The number of halogens is 2. The number of ether oxygens (including phenoxy) is 2. The van der Waals surface area contributed by atoms with Crippen molar-refractivity contribution in [3.05, 3.63) is 41.8 Å². The molecule has 0 N–H and O–H groups in total. The van der Waals surface area contributed by atoms with E-state index in [0.717, 1.165) is 35.9 Å². The van der Waals surface area contributed by atoms with Gasteiger partial charge >= 0.3 is 166 Å². The van der Waals surface area contributed by atoms with Crippen LogP contribution in [0.3, 0.4) is 0 Å². The van der Waals surface area contributed by atoms with Gasteiger partial charge in [-0.3, -0.25) is 0 Å². The molecule has 2 aliphatic carbocycles. The second-order valence-electron chi connectivity index (χ2n) is 8.12. The van der Waals surface area contributed by atoms with E-state index in [2.05, 4.69) is 51.4 Å². The molecular formula is C18H30Cl2O4Si2Zr. The minimum Gasteiger partial charge on any atom is -1.00 e. The van der Waals surface area contributed by atoms with Crippen LogP contribution in [0.1, 0.15) is 12.8 Å². The van der Waals surface area contributed by atoms with Gasteiger partial charge in [0.2, 0.25) is 0 Å². The molecule has 2 rings (SSSR count). The van der Waals surface area contributed by atoms with E-state index < -0.39 is 39.9 Å². The molecule has 0 fully saturated rings. The van der Waals surface area contributed by atoms with Gasteiger partial charge in [-0.1, -0.05) is 0 Å². The molecule has 27 heavy (non-hydrogen) atoms. The molecule has 4 nitrogen and oxygen atoms in total. The summed E-state index contributed by atoms with van der Waals surface area (Å²) in [4.78, 5) is 0. The predicted octanol–water partition coefficient (Wildman–Crippen LogP) is -0.929. The Morgan fingerprint density at radius 2 is 1.04 bits per heavy atom. The fourth-order valence-electron chi connectivity index (χ4n) is 2.74. The van der Waals surface area contributed by atoms with Crippen molar-refractivity contribution in [2.45, 2.75) is 52.1 Å². The fourth-order valence-corrected chi connectivity index (χ4v) is 7.97. The van der Waals surface area contributed by atoms with Gasteiger partial charge < -0.3 is 24.8 Å². The van der Waals surface area contributed by atoms with Gasteiger partial charge in [0.25, 0.3) is 0 Å². The van der Waals surface area contributed by atoms with Crippen LogP contribution >= 0.6 is 0 Å². The Bertz CT molecular complexity index is 603.